The van der Waals surface area contributed by atoms with Crippen LogP contribution in [0.2, 0.25) is 0 Å². The number of hydrogen-bond donors (Lipinski definition) is 0. The number of nitrogens with zero attached hydrogens (tertiary/aromatic N) is 5. The van der Waals surface area contributed by atoms with E-state index in [1.54, 1.807) is 12.4 Å². The van der Waals surface area contributed by atoms with Gasteiger partial charge in [-0.1, -0.05) is 0 Å². The van der Waals surface area contributed by atoms with E-state index in [1.807, 2.05) is 44.1 Å². The van der Waals surface area contributed by atoms with Gasteiger partial charge in [0.05, 0.1) is 6.54 Å². The molecular weight excluding hydrogens is 278 g/mol. The zero-order valence-corrected chi connectivity index (χ0v) is 13.2. The minimum Gasteiger partial charge on any atom is -0.485 e. The van der Waals surface area contributed by atoms with Crippen molar-refractivity contribution in [2.75, 3.05) is 37.0 Å². The van der Waals surface area contributed by atoms with Crippen molar-refractivity contribution >= 4 is 11.8 Å². The molecule has 6 nitrogen and oxygen atoms in total. The lowest BCUT2D eigenvalue weighted by Crippen LogP contribution is -2.26. The zero-order chi connectivity index (χ0) is 15.5. The van der Waals surface area contributed by atoms with Gasteiger partial charge in [-0.2, -0.15) is 0 Å². The third-order valence-electron chi connectivity index (χ3n) is 3.68. The average Bonchev–Trinajstić information content (AvgIpc) is 2.96. The molecule has 0 radical (unpaired) electrons. The van der Waals surface area contributed by atoms with Crippen LogP contribution in [0.15, 0.2) is 30.6 Å². The van der Waals surface area contributed by atoms with Crippen molar-refractivity contribution in [3.63, 3.8) is 0 Å². The van der Waals surface area contributed by atoms with Gasteiger partial charge < -0.3 is 14.5 Å². The Labute approximate surface area is 130 Å². The fraction of sp³-hybridized carbons (Fsp3) is 0.438. The summed E-state index contributed by atoms with van der Waals surface area (Å²) in [5.74, 6) is 2.46. The lowest BCUT2D eigenvalue weighted by molar-refractivity contribution is 0.225. The Bertz CT molecular complexity index is 646. The minimum absolute atomic E-state index is 0.131. The highest BCUT2D eigenvalue weighted by molar-refractivity contribution is 5.51. The zero-order valence-electron chi connectivity index (χ0n) is 13.2. The van der Waals surface area contributed by atoms with E-state index in [4.69, 9.17) is 4.74 Å². The Hall–Kier alpha value is -2.37. The summed E-state index contributed by atoms with van der Waals surface area (Å²) in [6, 6.07) is 5.78. The SMILES string of the molecule is Cc1ccnc(N2CC[C@H](Oc3cccnc3N(C)C)C2)n1. The van der Waals surface area contributed by atoms with Gasteiger partial charge >= 0.3 is 0 Å². The van der Waals surface area contributed by atoms with Crippen LogP contribution in [0.4, 0.5) is 11.8 Å². The van der Waals surface area contributed by atoms with Crippen LogP contribution in [0.5, 0.6) is 5.75 Å². The van der Waals surface area contributed by atoms with Crippen LogP contribution in [0, 0.1) is 6.92 Å². The number of aromatic nitrogens is 3. The summed E-state index contributed by atoms with van der Waals surface area (Å²) in [6.07, 6.45) is 4.67. The molecule has 0 bridgehead atoms. The molecule has 1 saturated heterocycles. The van der Waals surface area contributed by atoms with E-state index < -0.39 is 0 Å². The molecule has 0 unspecified atom stereocenters. The summed E-state index contributed by atoms with van der Waals surface area (Å²) >= 11 is 0. The third-order valence-corrected chi connectivity index (χ3v) is 3.68. The van der Waals surface area contributed by atoms with Gasteiger partial charge in [-0.05, 0) is 25.1 Å². The molecule has 1 aliphatic heterocycles. The van der Waals surface area contributed by atoms with Gasteiger partial charge in [0.2, 0.25) is 5.95 Å². The van der Waals surface area contributed by atoms with Crippen molar-refractivity contribution in [2.45, 2.75) is 19.4 Å². The number of ether oxygens (including phenoxy) is 1. The monoisotopic (exact) mass is 299 g/mol. The molecular formula is C16H21N5O. The van der Waals surface area contributed by atoms with Gasteiger partial charge in [0.1, 0.15) is 6.10 Å². The Morgan fingerprint density at radius 1 is 1.23 bits per heavy atom. The molecule has 6 heteroatoms. The molecule has 3 rings (SSSR count). The highest BCUT2D eigenvalue weighted by Gasteiger charge is 2.26. The summed E-state index contributed by atoms with van der Waals surface area (Å²) in [7, 11) is 3.94. The lowest BCUT2D eigenvalue weighted by Gasteiger charge is -2.20. The second kappa shape index (κ2) is 6.17. The van der Waals surface area contributed by atoms with Gasteiger partial charge in [0.25, 0.3) is 0 Å². The second-order valence-electron chi connectivity index (χ2n) is 5.69. The van der Waals surface area contributed by atoms with Crippen molar-refractivity contribution < 1.29 is 4.74 Å². The predicted molar refractivity (Wildman–Crippen MR) is 86.6 cm³/mol. The van der Waals surface area contributed by atoms with E-state index in [-0.39, 0.29) is 6.10 Å². The van der Waals surface area contributed by atoms with Gasteiger partial charge in [-0.3, -0.25) is 0 Å². The van der Waals surface area contributed by atoms with Crippen molar-refractivity contribution in [2.24, 2.45) is 0 Å². The van der Waals surface area contributed by atoms with E-state index in [1.165, 1.54) is 0 Å². The first kappa shape index (κ1) is 14.6. The smallest absolute Gasteiger partial charge is 0.225 e. The van der Waals surface area contributed by atoms with Crippen LogP contribution >= 0.6 is 0 Å². The van der Waals surface area contributed by atoms with Crippen LogP contribution in [-0.2, 0) is 0 Å². The largest absolute Gasteiger partial charge is 0.485 e. The molecule has 0 amide bonds. The third kappa shape index (κ3) is 3.10. The van der Waals surface area contributed by atoms with Crippen LogP contribution < -0.4 is 14.5 Å². The molecule has 3 heterocycles. The Morgan fingerprint density at radius 2 is 2.09 bits per heavy atom. The topological polar surface area (TPSA) is 54.4 Å². The average molecular weight is 299 g/mol. The van der Waals surface area contributed by atoms with Crippen molar-refractivity contribution in [1.82, 2.24) is 15.0 Å². The predicted octanol–water partition coefficient (Wildman–Crippen LogP) is 1.90. The number of anilines is 2. The van der Waals surface area contributed by atoms with Gasteiger partial charge in [0.15, 0.2) is 11.6 Å². The van der Waals surface area contributed by atoms with E-state index in [0.717, 1.165) is 42.7 Å². The number of rotatable bonds is 4. The molecule has 0 aromatic carbocycles. The second-order valence-corrected chi connectivity index (χ2v) is 5.69. The van der Waals surface area contributed by atoms with Crippen LogP contribution in [0.1, 0.15) is 12.1 Å². The van der Waals surface area contributed by atoms with E-state index in [2.05, 4.69) is 19.9 Å². The maximum Gasteiger partial charge on any atom is 0.225 e. The van der Waals surface area contributed by atoms with Crippen LogP contribution in [-0.4, -0.2) is 48.2 Å². The van der Waals surface area contributed by atoms with Crippen LogP contribution in [0.3, 0.4) is 0 Å². The summed E-state index contributed by atoms with van der Waals surface area (Å²) in [4.78, 5) is 17.3. The summed E-state index contributed by atoms with van der Waals surface area (Å²) < 4.78 is 6.15. The first-order valence-corrected chi connectivity index (χ1v) is 7.47. The Kier molecular flexibility index (Phi) is 4.09. The first-order chi connectivity index (χ1) is 10.6. The molecule has 116 valence electrons. The molecule has 1 fully saturated rings. The molecule has 22 heavy (non-hydrogen) atoms. The number of aryl methyl sites for hydroxylation is 1. The van der Waals surface area contributed by atoms with E-state index >= 15 is 0 Å². The quantitative estimate of drug-likeness (QED) is 0.859. The molecule has 1 aliphatic rings. The first-order valence-electron chi connectivity index (χ1n) is 7.47. The molecule has 0 saturated carbocycles. The molecule has 0 N–H and O–H groups in total. The summed E-state index contributed by atoms with van der Waals surface area (Å²) in [5.41, 5.74) is 0.983. The van der Waals surface area contributed by atoms with Gasteiger partial charge in [0, 0.05) is 45.1 Å². The molecule has 0 spiro atoms. The Morgan fingerprint density at radius 3 is 2.86 bits per heavy atom. The summed E-state index contributed by atoms with van der Waals surface area (Å²) in [5, 5.41) is 0. The minimum atomic E-state index is 0.131. The highest BCUT2D eigenvalue weighted by Crippen LogP contribution is 2.27. The Balaban J connectivity index is 1.69. The fourth-order valence-electron chi connectivity index (χ4n) is 2.58. The van der Waals surface area contributed by atoms with Gasteiger partial charge in [-0.25, -0.2) is 15.0 Å². The normalized spacial score (nSPS) is 17.6. The van der Waals surface area contributed by atoms with Crippen molar-refractivity contribution in [3.8, 4) is 5.75 Å². The van der Waals surface area contributed by atoms with Crippen molar-refractivity contribution in [1.29, 1.82) is 0 Å². The van der Waals surface area contributed by atoms with E-state index in [9.17, 15) is 0 Å². The van der Waals surface area contributed by atoms with Crippen LogP contribution in [0.25, 0.3) is 0 Å². The maximum atomic E-state index is 6.15. The highest BCUT2D eigenvalue weighted by atomic mass is 16.5. The molecule has 1 atom stereocenters. The number of pyridine rings is 1. The number of hydrogen-bond acceptors (Lipinski definition) is 6. The fourth-order valence-corrected chi connectivity index (χ4v) is 2.58. The standard InChI is InChI=1S/C16H21N5O/c1-12-6-9-18-16(19-12)21-10-7-13(11-21)22-14-5-4-8-17-15(14)20(2)3/h4-6,8-9,13H,7,10-11H2,1-3H3/t13-/m0/s1. The van der Waals surface area contributed by atoms with Crippen molar-refractivity contribution in [3.05, 3.63) is 36.3 Å². The summed E-state index contributed by atoms with van der Waals surface area (Å²) in [6.45, 7) is 3.69. The lowest BCUT2D eigenvalue weighted by atomic mass is 10.3. The molecule has 2 aromatic rings. The van der Waals surface area contributed by atoms with Gasteiger partial charge in [-0.15, -0.1) is 0 Å². The molecule has 0 aliphatic carbocycles. The maximum absolute atomic E-state index is 6.15. The molecule has 2 aromatic heterocycles. The van der Waals surface area contributed by atoms with E-state index in [0.29, 0.717) is 0 Å².